The lowest BCUT2D eigenvalue weighted by Gasteiger charge is -2.21. The van der Waals surface area contributed by atoms with Crippen LogP contribution in [-0.2, 0) is 4.79 Å². The molecule has 0 aromatic heterocycles. The molecule has 0 atom stereocenters. The van der Waals surface area contributed by atoms with Crippen LogP contribution in [0.25, 0.3) is 0 Å². The molecule has 22 heavy (non-hydrogen) atoms. The minimum absolute atomic E-state index is 0. The van der Waals surface area contributed by atoms with Gasteiger partial charge in [-0.3, -0.25) is 4.79 Å². The van der Waals surface area contributed by atoms with Gasteiger partial charge in [0.05, 0.1) is 6.54 Å². The molecule has 2 aliphatic heterocycles. The van der Waals surface area contributed by atoms with E-state index in [2.05, 4.69) is 10.6 Å². The molecule has 1 aromatic carbocycles. The Morgan fingerprint density at radius 1 is 1.27 bits per heavy atom. The maximum atomic E-state index is 11.9. The molecule has 1 amide bonds. The Morgan fingerprint density at radius 2 is 2.05 bits per heavy atom. The molecular weight excluding hydrogens is 308 g/mol. The number of carbonyl (C=O) groups excluding carboxylic acids is 1. The van der Waals surface area contributed by atoms with E-state index in [4.69, 9.17) is 14.2 Å². The van der Waals surface area contributed by atoms with Gasteiger partial charge in [0.1, 0.15) is 12.4 Å². The van der Waals surface area contributed by atoms with Gasteiger partial charge in [-0.15, -0.1) is 12.4 Å². The topological polar surface area (TPSA) is 68.8 Å². The fourth-order valence-corrected chi connectivity index (χ4v) is 2.54. The molecule has 0 aliphatic carbocycles. The standard InChI is InChI=1S/C15H20N2O4.ClH/c18-15(11-3-5-16-6-4-11)17-7-8-19-12-1-2-13-14(9-12)21-10-20-13;/h1-2,9,11,16H,3-8,10H2,(H,17,18);1H. The highest BCUT2D eigenvalue weighted by atomic mass is 35.5. The van der Waals surface area contributed by atoms with Crippen molar-refractivity contribution in [2.24, 2.45) is 5.92 Å². The van der Waals surface area contributed by atoms with E-state index in [-0.39, 0.29) is 31.0 Å². The van der Waals surface area contributed by atoms with E-state index < -0.39 is 0 Å². The molecule has 1 aromatic rings. The fourth-order valence-electron chi connectivity index (χ4n) is 2.54. The van der Waals surface area contributed by atoms with E-state index >= 15 is 0 Å². The van der Waals surface area contributed by atoms with E-state index in [1.807, 2.05) is 12.1 Å². The van der Waals surface area contributed by atoms with Gasteiger partial charge in [-0.05, 0) is 38.1 Å². The van der Waals surface area contributed by atoms with E-state index in [1.54, 1.807) is 6.07 Å². The SMILES string of the molecule is Cl.O=C(NCCOc1ccc2c(c1)OCO2)C1CCNCC1. The zero-order valence-corrected chi connectivity index (χ0v) is 13.1. The molecule has 1 fully saturated rings. The molecule has 0 radical (unpaired) electrons. The van der Waals surface area contributed by atoms with Crippen LogP contribution in [0.2, 0.25) is 0 Å². The Bertz CT molecular complexity index is 506. The van der Waals surface area contributed by atoms with E-state index in [1.165, 1.54) is 0 Å². The van der Waals surface area contributed by atoms with Gasteiger partial charge >= 0.3 is 0 Å². The summed E-state index contributed by atoms with van der Waals surface area (Å²) in [7, 11) is 0. The number of halogens is 1. The maximum Gasteiger partial charge on any atom is 0.231 e. The average Bonchev–Trinajstić information content (AvgIpc) is 3.00. The van der Waals surface area contributed by atoms with E-state index in [0.29, 0.717) is 18.9 Å². The third-order valence-corrected chi connectivity index (χ3v) is 3.72. The van der Waals surface area contributed by atoms with Gasteiger partial charge < -0.3 is 24.8 Å². The molecule has 7 heteroatoms. The molecule has 2 N–H and O–H groups in total. The third-order valence-electron chi connectivity index (χ3n) is 3.72. The summed E-state index contributed by atoms with van der Waals surface area (Å²) in [4.78, 5) is 11.9. The van der Waals surface area contributed by atoms with Crippen molar-refractivity contribution < 1.29 is 19.0 Å². The van der Waals surface area contributed by atoms with E-state index in [9.17, 15) is 4.79 Å². The average molecular weight is 329 g/mol. The number of benzene rings is 1. The highest BCUT2D eigenvalue weighted by Gasteiger charge is 2.20. The van der Waals surface area contributed by atoms with Gasteiger partial charge in [-0.2, -0.15) is 0 Å². The minimum atomic E-state index is 0. The van der Waals surface area contributed by atoms with Gasteiger partial charge in [0.15, 0.2) is 11.5 Å². The van der Waals surface area contributed by atoms with Crippen molar-refractivity contribution in [2.75, 3.05) is 33.0 Å². The second-order valence-corrected chi connectivity index (χ2v) is 5.18. The van der Waals surface area contributed by atoms with Crippen LogP contribution in [0.15, 0.2) is 18.2 Å². The Kier molecular flexibility index (Phi) is 6.15. The van der Waals surface area contributed by atoms with Gasteiger partial charge in [-0.1, -0.05) is 0 Å². The molecule has 122 valence electrons. The molecule has 2 aliphatic rings. The Morgan fingerprint density at radius 3 is 2.86 bits per heavy atom. The molecule has 0 unspecified atom stereocenters. The lowest BCUT2D eigenvalue weighted by Crippen LogP contribution is -2.39. The predicted molar refractivity (Wildman–Crippen MR) is 83.9 cm³/mol. The Labute approximate surface area is 135 Å². The largest absolute Gasteiger partial charge is 0.492 e. The van der Waals surface area contributed by atoms with Crippen LogP contribution in [0, 0.1) is 5.92 Å². The van der Waals surface area contributed by atoms with Crippen LogP contribution in [0.1, 0.15) is 12.8 Å². The lowest BCUT2D eigenvalue weighted by atomic mass is 9.97. The molecule has 6 nitrogen and oxygen atoms in total. The summed E-state index contributed by atoms with van der Waals surface area (Å²) in [6.07, 6.45) is 1.82. The molecule has 0 saturated carbocycles. The molecule has 0 bridgehead atoms. The highest BCUT2D eigenvalue weighted by Crippen LogP contribution is 2.34. The summed E-state index contributed by atoms with van der Waals surface area (Å²) >= 11 is 0. The summed E-state index contributed by atoms with van der Waals surface area (Å²) in [5.41, 5.74) is 0. The van der Waals surface area contributed by atoms with Crippen LogP contribution in [0.4, 0.5) is 0 Å². The van der Waals surface area contributed by atoms with Gasteiger partial charge in [0.2, 0.25) is 12.7 Å². The first-order chi connectivity index (χ1) is 10.3. The molecular formula is C15H21ClN2O4. The zero-order chi connectivity index (χ0) is 14.5. The first kappa shape index (κ1) is 16.7. The monoisotopic (exact) mass is 328 g/mol. The number of hydrogen-bond acceptors (Lipinski definition) is 5. The summed E-state index contributed by atoms with van der Waals surface area (Å²) in [5, 5.41) is 6.18. The Balaban J connectivity index is 0.00000176. The van der Waals surface area contributed by atoms with Crippen molar-refractivity contribution in [1.82, 2.24) is 10.6 Å². The number of nitrogens with one attached hydrogen (secondary N) is 2. The molecule has 2 heterocycles. The number of fused-ring (bicyclic) bond motifs is 1. The highest BCUT2D eigenvalue weighted by molar-refractivity contribution is 5.85. The van der Waals surface area contributed by atoms with Crippen molar-refractivity contribution in [3.63, 3.8) is 0 Å². The van der Waals surface area contributed by atoms with Crippen molar-refractivity contribution in [3.05, 3.63) is 18.2 Å². The Hall–Kier alpha value is -1.66. The smallest absolute Gasteiger partial charge is 0.231 e. The fraction of sp³-hybridized carbons (Fsp3) is 0.533. The number of rotatable bonds is 5. The minimum Gasteiger partial charge on any atom is -0.492 e. The number of ether oxygens (including phenoxy) is 3. The molecule has 3 rings (SSSR count). The van der Waals surface area contributed by atoms with Crippen molar-refractivity contribution in [1.29, 1.82) is 0 Å². The number of hydrogen-bond donors (Lipinski definition) is 2. The number of amides is 1. The predicted octanol–water partition coefficient (Wildman–Crippen LogP) is 1.33. The van der Waals surface area contributed by atoms with Crippen molar-refractivity contribution in [3.8, 4) is 17.2 Å². The number of piperidine rings is 1. The van der Waals surface area contributed by atoms with Crippen LogP contribution >= 0.6 is 12.4 Å². The summed E-state index contributed by atoms with van der Waals surface area (Å²) in [6.45, 7) is 3.05. The summed E-state index contributed by atoms with van der Waals surface area (Å²) < 4.78 is 16.1. The lowest BCUT2D eigenvalue weighted by molar-refractivity contribution is -0.125. The summed E-state index contributed by atoms with van der Waals surface area (Å²) in [6, 6.07) is 5.46. The first-order valence-corrected chi connectivity index (χ1v) is 7.34. The molecule has 1 saturated heterocycles. The normalized spacial score (nSPS) is 16.7. The van der Waals surface area contributed by atoms with Gasteiger partial charge in [0.25, 0.3) is 0 Å². The van der Waals surface area contributed by atoms with Crippen LogP contribution in [0.3, 0.4) is 0 Å². The quantitative estimate of drug-likeness (QED) is 0.798. The number of carbonyl (C=O) groups is 1. The maximum absolute atomic E-state index is 11.9. The van der Waals surface area contributed by atoms with Gasteiger partial charge in [-0.25, -0.2) is 0 Å². The first-order valence-electron chi connectivity index (χ1n) is 7.34. The second kappa shape index (κ2) is 8.10. The molecule has 0 spiro atoms. The third kappa shape index (κ3) is 4.18. The van der Waals surface area contributed by atoms with Crippen molar-refractivity contribution in [2.45, 2.75) is 12.8 Å². The zero-order valence-electron chi connectivity index (χ0n) is 12.3. The van der Waals surface area contributed by atoms with E-state index in [0.717, 1.165) is 37.4 Å². The van der Waals surface area contributed by atoms with Crippen LogP contribution < -0.4 is 24.8 Å². The van der Waals surface area contributed by atoms with Gasteiger partial charge in [0, 0.05) is 12.0 Å². The summed E-state index contributed by atoms with van der Waals surface area (Å²) in [5.74, 6) is 2.42. The van der Waals surface area contributed by atoms with Crippen molar-refractivity contribution >= 4 is 18.3 Å². The van der Waals surface area contributed by atoms with Crippen LogP contribution in [0.5, 0.6) is 17.2 Å². The second-order valence-electron chi connectivity index (χ2n) is 5.18. The van der Waals surface area contributed by atoms with Crippen LogP contribution in [-0.4, -0.2) is 38.9 Å².